The van der Waals surface area contributed by atoms with E-state index < -0.39 is 0 Å². The Labute approximate surface area is 84.9 Å². The molecule has 72 valence electrons. The molecule has 1 aromatic rings. The summed E-state index contributed by atoms with van der Waals surface area (Å²) in [6.07, 6.45) is 8.77. The molecule has 1 nitrogen and oxygen atoms in total. The van der Waals surface area contributed by atoms with Crippen LogP contribution in [0.15, 0.2) is 29.3 Å². The van der Waals surface area contributed by atoms with Crippen molar-refractivity contribution in [1.82, 2.24) is 0 Å². The van der Waals surface area contributed by atoms with Crippen LogP contribution in [0.4, 0.5) is 5.69 Å². The Balaban J connectivity index is 2.15. The molecule has 0 N–H and O–H groups in total. The van der Waals surface area contributed by atoms with Gasteiger partial charge in [-0.2, -0.15) is 0 Å². The van der Waals surface area contributed by atoms with Gasteiger partial charge < -0.3 is 0 Å². The Hall–Kier alpha value is -1.11. The lowest BCUT2D eigenvalue weighted by atomic mass is 9.74. The van der Waals surface area contributed by atoms with Crippen LogP contribution in [0.25, 0.3) is 0 Å². The number of aliphatic imine (C=N–C) groups is 1. The van der Waals surface area contributed by atoms with Crippen LogP contribution in [0.1, 0.15) is 37.7 Å². The second-order valence-electron chi connectivity index (χ2n) is 4.52. The number of fused-ring (bicyclic) bond motifs is 2. The minimum Gasteiger partial charge on any atom is -0.261 e. The van der Waals surface area contributed by atoms with Gasteiger partial charge in [0.2, 0.25) is 0 Å². The van der Waals surface area contributed by atoms with Crippen molar-refractivity contribution in [3.05, 3.63) is 29.8 Å². The fourth-order valence-corrected chi connectivity index (χ4v) is 2.99. The van der Waals surface area contributed by atoms with E-state index in [4.69, 9.17) is 0 Å². The van der Waals surface area contributed by atoms with E-state index in [0.717, 1.165) is 6.42 Å². The highest BCUT2D eigenvalue weighted by Gasteiger charge is 2.37. The molecule has 1 saturated carbocycles. The van der Waals surface area contributed by atoms with Crippen LogP contribution in [-0.4, -0.2) is 6.21 Å². The van der Waals surface area contributed by atoms with E-state index in [2.05, 4.69) is 35.5 Å². The van der Waals surface area contributed by atoms with Gasteiger partial charge >= 0.3 is 0 Å². The Morgan fingerprint density at radius 2 is 1.86 bits per heavy atom. The van der Waals surface area contributed by atoms with Crippen LogP contribution in [-0.2, 0) is 5.41 Å². The van der Waals surface area contributed by atoms with Crippen LogP contribution in [0.5, 0.6) is 0 Å². The quantitative estimate of drug-likeness (QED) is 0.585. The van der Waals surface area contributed by atoms with Crippen molar-refractivity contribution in [1.29, 1.82) is 0 Å². The van der Waals surface area contributed by atoms with Gasteiger partial charge in [-0.15, -0.1) is 0 Å². The second-order valence-corrected chi connectivity index (χ2v) is 4.52. The lowest BCUT2D eigenvalue weighted by molar-refractivity contribution is 0.459. The van der Waals surface area contributed by atoms with E-state index in [1.807, 2.05) is 0 Å². The first kappa shape index (κ1) is 8.22. The van der Waals surface area contributed by atoms with Crippen molar-refractivity contribution in [2.45, 2.75) is 37.5 Å². The lowest BCUT2D eigenvalue weighted by Crippen LogP contribution is -2.24. The van der Waals surface area contributed by atoms with E-state index in [0.29, 0.717) is 5.41 Å². The first-order chi connectivity index (χ1) is 6.91. The van der Waals surface area contributed by atoms with Crippen LogP contribution < -0.4 is 0 Å². The maximum Gasteiger partial charge on any atom is 0.0663 e. The second kappa shape index (κ2) is 2.94. The van der Waals surface area contributed by atoms with Gasteiger partial charge in [-0.1, -0.05) is 31.0 Å². The average Bonchev–Trinajstić information content (AvgIpc) is 2.68. The minimum atomic E-state index is 0.457. The zero-order chi connectivity index (χ0) is 9.43. The van der Waals surface area contributed by atoms with Crippen molar-refractivity contribution in [2.75, 3.05) is 0 Å². The van der Waals surface area contributed by atoms with E-state index in [1.54, 1.807) is 0 Å². The van der Waals surface area contributed by atoms with Crippen LogP contribution in [0, 0.1) is 0 Å². The monoisotopic (exact) mass is 185 g/mol. The van der Waals surface area contributed by atoms with Gasteiger partial charge in [-0.25, -0.2) is 0 Å². The van der Waals surface area contributed by atoms with Gasteiger partial charge in [-0.3, -0.25) is 4.99 Å². The Morgan fingerprint density at radius 3 is 2.71 bits per heavy atom. The molecule has 0 radical (unpaired) electrons. The summed E-state index contributed by atoms with van der Waals surface area (Å²) in [5, 5.41) is 0. The smallest absolute Gasteiger partial charge is 0.0663 e. The molecule has 1 spiro atoms. The van der Waals surface area contributed by atoms with Gasteiger partial charge in [-0.05, 0) is 30.9 Å². The predicted molar refractivity (Wildman–Crippen MR) is 59.4 cm³/mol. The summed E-state index contributed by atoms with van der Waals surface area (Å²) in [6.45, 7) is 0. The molecule has 1 aliphatic carbocycles. The average molecular weight is 185 g/mol. The molecular formula is C13H15N. The molecule has 0 saturated heterocycles. The maximum atomic E-state index is 4.49. The molecule has 1 heteroatoms. The summed E-state index contributed by atoms with van der Waals surface area (Å²) < 4.78 is 0. The Kier molecular flexibility index (Phi) is 1.73. The van der Waals surface area contributed by atoms with Gasteiger partial charge in [0.25, 0.3) is 0 Å². The molecule has 0 unspecified atom stereocenters. The number of benzene rings is 1. The summed E-state index contributed by atoms with van der Waals surface area (Å²) in [6, 6.07) is 8.66. The van der Waals surface area contributed by atoms with Gasteiger partial charge in [0.05, 0.1) is 5.69 Å². The van der Waals surface area contributed by atoms with Crippen molar-refractivity contribution in [3.63, 3.8) is 0 Å². The largest absolute Gasteiger partial charge is 0.261 e. The number of hydrogen-bond donors (Lipinski definition) is 0. The Bertz CT molecular complexity index is 373. The van der Waals surface area contributed by atoms with Gasteiger partial charge in [0, 0.05) is 11.6 Å². The molecule has 0 aromatic heterocycles. The number of nitrogens with zero attached hydrogens (tertiary/aromatic N) is 1. The summed E-state index contributed by atoms with van der Waals surface area (Å²) in [4.78, 5) is 4.49. The highest BCUT2D eigenvalue weighted by molar-refractivity contribution is 5.72. The zero-order valence-corrected chi connectivity index (χ0v) is 8.37. The predicted octanol–water partition coefficient (Wildman–Crippen LogP) is 3.60. The number of rotatable bonds is 0. The molecule has 3 rings (SSSR count). The van der Waals surface area contributed by atoms with E-state index in [-0.39, 0.29) is 0 Å². The van der Waals surface area contributed by atoms with Crippen LogP contribution >= 0.6 is 0 Å². The van der Waals surface area contributed by atoms with Crippen LogP contribution in [0.2, 0.25) is 0 Å². The van der Waals surface area contributed by atoms with Crippen molar-refractivity contribution >= 4 is 11.9 Å². The zero-order valence-electron chi connectivity index (χ0n) is 8.37. The standard InChI is InChI=1S/C13H15N/c1-2-6-12-11(5-1)13(9-10-14-12)7-3-4-8-13/h1-2,5-6,10H,3-4,7-9H2. The molecule has 0 atom stereocenters. The van der Waals surface area contributed by atoms with Gasteiger partial charge in [0.15, 0.2) is 0 Å². The van der Waals surface area contributed by atoms with Crippen molar-refractivity contribution in [2.24, 2.45) is 4.99 Å². The first-order valence-corrected chi connectivity index (χ1v) is 5.53. The first-order valence-electron chi connectivity index (χ1n) is 5.53. The molecule has 1 aliphatic heterocycles. The highest BCUT2D eigenvalue weighted by Crippen LogP contribution is 2.48. The lowest BCUT2D eigenvalue weighted by Gasteiger charge is -2.31. The maximum absolute atomic E-state index is 4.49. The van der Waals surface area contributed by atoms with Gasteiger partial charge in [0.1, 0.15) is 0 Å². The Morgan fingerprint density at radius 1 is 1.07 bits per heavy atom. The molecule has 1 fully saturated rings. The summed E-state index contributed by atoms with van der Waals surface area (Å²) in [5.74, 6) is 0. The fraction of sp³-hybridized carbons (Fsp3) is 0.462. The number of hydrogen-bond acceptors (Lipinski definition) is 1. The van der Waals surface area contributed by atoms with E-state index >= 15 is 0 Å². The summed E-state index contributed by atoms with van der Waals surface area (Å²) in [7, 11) is 0. The third-order valence-electron chi connectivity index (χ3n) is 3.75. The molecular weight excluding hydrogens is 170 g/mol. The molecule has 0 bridgehead atoms. The third kappa shape index (κ3) is 1.05. The summed E-state index contributed by atoms with van der Waals surface area (Å²) in [5.41, 5.74) is 3.17. The highest BCUT2D eigenvalue weighted by atomic mass is 14.8. The number of para-hydroxylation sites is 1. The third-order valence-corrected chi connectivity index (χ3v) is 3.75. The molecule has 1 heterocycles. The van der Waals surface area contributed by atoms with Crippen molar-refractivity contribution in [3.8, 4) is 0 Å². The SMILES string of the molecule is C1=Nc2ccccc2C2(C1)CCCC2. The topological polar surface area (TPSA) is 12.4 Å². The van der Waals surface area contributed by atoms with E-state index in [9.17, 15) is 0 Å². The normalized spacial score (nSPS) is 22.6. The molecule has 2 aliphatic rings. The summed E-state index contributed by atoms with van der Waals surface area (Å²) >= 11 is 0. The molecule has 1 aromatic carbocycles. The minimum absolute atomic E-state index is 0.457. The van der Waals surface area contributed by atoms with Crippen molar-refractivity contribution < 1.29 is 0 Å². The molecule has 14 heavy (non-hydrogen) atoms. The van der Waals surface area contributed by atoms with E-state index in [1.165, 1.54) is 36.9 Å². The van der Waals surface area contributed by atoms with Crippen LogP contribution in [0.3, 0.4) is 0 Å². The molecule has 0 amide bonds. The fourth-order valence-electron chi connectivity index (χ4n) is 2.99.